The molecule has 0 radical (unpaired) electrons. The third kappa shape index (κ3) is 3.11. The van der Waals surface area contributed by atoms with E-state index < -0.39 is 0 Å². The van der Waals surface area contributed by atoms with E-state index in [9.17, 15) is 0 Å². The van der Waals surface area contributed by atoms with Crippen molar-refractivity contribution in [1.82, 2.24) is 5.32 Å². The lowest BCUT2D eigenvalue weighted by Gasteiger charge is -2.37. The molecule has 2 aliphatic rings. The molecule has 92 valence electrons. The van der Waals surface area contributed by atoms with Crippen LogP contribution in [0, 0.1) is 0 Å². The van der Waals surface area contributed by atoms with Crippen molar-refractivity contribution >= 4 is 5.96 Å². The average molecular weight is 225 g/mol. The van der Waals surface area contributed by atoms with Gasteiger partial charge in [-0.1, -0.05) is 0 Å². The fourth-order valence-corrected chi connectivity index (χ4v) is 2.14. The van der Waals surface area contributed by atoms with Crippen LogP contribution >= 0.6 is 0 Å². The standard InChI is InChI=1S/C12H23N3O/c1-8(2)16-11-6-10(7-11)15-12(13)14-9-4-3-5-9/h8-11H,3-7H2,1-2H3,(H3,13,14,15). The smallest absolute Gasteiger partial charge is 0.189 e. The zero-order valence-electron chi connectivity index (χ0n) is 10.3. The number of guanidine groups is 1. The molecule has 16 heavy (non-hydrogen) atoms. The van der Waals surface area contributed by atoms with E-state index in [1.54, 1.807) is 0 Å². The number of hydrogen-bond donors (Lipinski definition) is 2. The molecule has 0 aromatic rings. The van der Waals surface area contributed by atoms with Crippen LogP contribution in [0.15, 0.2) is 4.99 Å². The Morgan fingerprint density at radius 3 is 2.56 bits per heavy atom. The summed E-state index contributed by atoms with van der Waals surface area (Å²) in [4.78, 5) is 4.43. The lowest BCUT2D eigenvalue weighted by Crippen LogP contribution is -2.51. The van der Waals surface area contributed by atoms with E-state index >= 15 is 0 Å². The first kappa shape index (κ1) is 11.7. The molecule has 0 bridgehead atoms. The second-order valence-electron chi connectivity index (χ2n) is 5.22. The van der Waals surface area contributed by atoms with Crippen LogP contribution in [0.4, 0.5) is 0 Å². The molecule has 0 spiro atoms. The first-order chi connectivity index (χ1) is 7.63. The van der Waals surface area contributed by atoms with Crippen LogP contribution in [0.2, 0.25) is 0 Å². The fraction of sp³-hybridized carbons (Fsp3) is 0.917. The minimum atomic E-state index is 0.326. The Morgan fingerprint density at radius 2 is 2.06 bits per heavy atom. The van der Waals surface area contributed by atoms with Crippen LogP contribution < -0.4 is 11.1 Å². The van der Waals surface area contributed by atoms with E-state index in [2.05, 4.69) is 24.2 Å². The molecule has 0 unspecified atom stereocenters. The van der Waals surface area contributed by atoms with Crippen molar-refractivity contribution in [3.63, 3.8) is 0 Å². The van der Waals surface area contributed by atoms with Gasteiger partial charge in [-0.3, -0.25) is 4.99 Å². The van der Waals surface area contributed by atoms with Crippen molar-refractivity contribution in [2.75, 3.05) is 0 Å². The van der Waals surface area contributed by atoms with Gasteiger partial charge in [-0.05, 0) is 46.0 Å². The van der Waals surface area contributed by atoms with E-state index in [1.807, 2.05) is 0 Å². The first-order valence-electron chi connectivity index (χ1n) is 6.38. The van der Waals surface area contributed by atoms with Gasteiger partial charge >= 0.3 is 0 Å². The van der Waals surface area contributed by atoms with Crippen molar-refractivity contribution in [1.29, 1.82) is 0 Å². The molecule has 0 amide bonds. The zero-order chi connectivity index (χ0) is 11.5. The van der Waals surface area contributed by atoms with E-state index in [-0.39, 0.29) is 0 Å². The molecule has 0 heterocycles. The highest BCUT2D eigenvalue weighted by Crippen LogP contribution is 2.25. The summed E-state index contributed by atoms with van der Waals surface area (Å²) >= 11 is 0. The molecule has 2 saturated carbocycles. The summed E-state index contributed by atoms with van der Waals surface area (Å²) in [5, 5.41) is 3.27. The predicted molar refractivity (Wildman–Crippen MR) is 65.4 cm³/mol. The number of ether oxygens (including phenoxy) is 1. The van der Waals surface area contributed by atoms with E-state index in [4.69, 9.17) is 10.5 Å². The van der Waals surface area contributed by atoms with E-state index in [0.29, 0.717) is 30.3 Å². The Kier molecular flexibility index (Phi) is 3.69. The SMILES string of the molecule is CC(C)OC1CC(NC(N)=NC2CCC2)C1. The van der Waals surface area contributed by atoms with Crippen LogP contribution in [-0.4, -0.2) is 30.3 Å². The Labute approximate surface area is 97.6 Å². The Bertz CT molecular complexity index is 255. The highest BCUT2D eigenvalue weighted by atomic mass is 16.5. The quantitative estimate of drug-likeness (QED) is 0.561. The molecule has 0 saturated heterocycles. The van der Waals surface area contributed by atoms with Gasteiger partial charge in [0, 0.05) is 6.04 Å². The van der Waals surface area contributed by atoms with Crippen molar-refractivity contribution in [3.05, 3.63) is 0 Å². The predicted octanol–water partition coefficient (Wildman–Crippen LogP) is 1.40. The van der Waals surface area contributed by atoms with Crippen molar-refractivity contribution in [3.8, 4) is 0 Å². The molecule has 0 atom stereocenters. The summed E-state index contributed by atoms with van der Waals surface area (Å²) in [6, 6.07) is 0.947. The first-order valence-corrected chi connectivity index (χ1v) is 6.38. The monoisotopic (exact) mass is 225 g/mol. The number of aliphatic imine (C=N–C) groups is 1. The third-order valence-electron chi connectivity index (χ3n) is 3.31. The molecule has 2 fully saturated rings. The molecule has 4 nitrogen and oxygen atoms in total. The van der Waals surface area contributed by atoms with Gasteiger partial charge in [0.2, 0.25) is 0 Å². The maximum Gasteiger partial charge on any atom is 0.189 e. The minimum absolute atomic E-state index is 0.326. The van der Waals surface area contributed by atoms with Gasteiger partial charge in [0.15, 0.2) is 5.96 Å². The maximum atomic E-state index is 5.84. The van der Waals surface area contributed by atoms with Crippen LogP contribution in [-0.2, 0) is 4.74 Å². The molecule has 0 aliphatic heterocycles. The summed E-state index contributed by atoms with van der Waals surface area (Å²) in [5.41, 5.74) is 5.84. The largest absolute Gasteiger partial charge is 0.375 e. The second kappa shape index (κ2) is 5.04. The van der Waals surface area contributed by atoms with Crippen LogP contribution in [0.3, 0.4) is 0 Å². The number of hydrogen-bond acceptors (Lipinski definition) is 2. The maximum absolute atomic E-state index is 5.84. The molecule has 3 N–H and O–H groups in total. The van der Waals surface area contributed by atoms with Gasteiger partial charge in [-0.15, -0.1) is 0 Å². The molecule has 0 aromatic heterocycles. The Balaban J connectivity index is 1.63. The highest BCUT2D eigenvalue weighted by Gasteiger charge is 2.31. The second-order valence-corrected chi connectivity index (χ2v) is 5.22. The van der Waals surface area contributed by atoms with Gasteiger partial charge in [-0.2, -0.15) is 0 Å². The fourth-order valence-electron chi connectivity index (χ4n) is 2.14. The molecule has 4 heteroatoms. The van der Waals surface area contributed by atoms with Crippen molar-refractivity contribution in [2.45, 2.75) is 70.2 Å². The van der Waals surface area contributed by atoms with Crippen LogP contribution in [0.25, 0.3) is 0 Å². The summed E-state index contributed by atoms with van der Waals surface area (Å²) < 4.78 is 5.69. The van der Waals surface area contributed by atoms with E-state index in [0.717, 1.165) is 12.8 Å². The van der Waals surface area contributed by atoms with Gasteiger partial charge in [0.1, 0.15) is 0 Å². The molecule has 2 rings (SSSR count). The molecule has 2 aliphatic carbocycles. The van der Waals surface area contributed by atoms with Crippen molar-refractivity contribution < 1.29 is 4.74 Å². The Hall–Kier alpha value is -0.770. The molecule has 0 aromatic carbocycles. The van der Waals surface area contributed by atoms with E-state index in [1.165, 1.54) is 19.3 Å². The summed E-state index contributed by atoms with van der Waals surface area (Å²) in [6.07, 6.45) is 6.55. The summed E-state index contributed by atoms with van der Waals surface area (Å²) in [6.45, 7) is 4.15. The van der Waals surface area contributed by atoms with Gasteiger partial charge in [0.05, 0.1) is 18.2 Å². The topological polar surface area (TPSA) is 59.6 Å². The minimum Gasteiger partial charge on any atom is -0.375 e. The summed E-state index contributed by atoms with van der Waals surface area (Å²) in [5.74, 6) is 0.623. The molecular weight excluding hydrogens is 202 g/mol. The zero-order valence-corrected chi connectivity index (χ0v) is 10.3. The van der Waals surface area contributed by atoms with Crippen LogP contribution in [0.5, 0.6) is 0 Å². The number of nitrogens with two attached hydrogens (primary N) is 1. The van der Waals surface area contributed by atoms with Gasteiger partial charge < -0.3 is 15.8 Å². The third-order valence-corrected chi connectivity index (χ3v) is 3.31. The lowest BCUT2D eigenvalue weighted by molar-refractivity contribution is -0.0466. The Morgan fingerprint density at radius 1 is 1.38 bits per heavy atom. The summed E-state index contributed by atoms with van der Waals surface area (Å²) in [7, 11) is 0. The van der Waals surface area contributed by atoms with Crippen LogP contribution in [0.1, 0.15) is 46.0 Å². The average Bonchev–Trinajstić information content (AvgIpc) is 2.07. The highest BCUT2D eigenvalue weighted by molar-refractivity contribution is 5.78. The normalized spacial score (nSPS) is 31.1. The molecular formula is C12H23N3O. The lowest BCUT2D eigenvalue weighted by atomic mass is 9.89. The number of nitrogens with zero attached hydrogens (tertiary/aromatic N) is 1. The van der Waals surface area contributed by atoms with Gasteiger partial charge in [0.25, 0.3) is 0 Å². The number of rotatable bonds is 4. The van der Waals surface area contributed by atoms with Crippen molar-refractivity contribution in [2.24, 2.45) is 10.7 Å². The van der Waals surface area contributed by atoms with Gasteiger partial charge in [-0.25, -0.2) is 0 Å². The number of nitrogens with one attached hydrogen (secondary N) is 1.